The number of aliphatic hydroxyl groups excluding tert-OH is 1. The number of hydrogen-bond acceptors (Lipinski definition) is 4. The lowest BCUT2D eigenvalue weighted by atomic mass is 10.0. The zero-order valence-corrected chi connectivity index (χ0v) is 15.0. The first kappa shape index (κ1) is 17.8. The van der Waals surface area contributed by atoms with Gasteiger partial charge in [-0.3, -0.25) is 14.8 Å². The van der Waals surface area contributed by atoms with Gasteiger partial charge in [-0.25, -0.2) is 0 Å². The maximum Gasteiger partial charge on any atom is 0.255 e. The summed E-state index contributed by atoms with van der Waals surface area (Å²) < 4.78 is 0. The number of hydrogen-bond donors (Lipinski definition) is 2. The molecule has 0 aliphatic carbocycles. The van der Waals surface area contributed by atoms with Gasteiger partial charge in [-0.1, -0.05) is 24.3 Å². The molecule has 2 N–H and O–H groups in total. The van der Waals surface area contributed by atoms with Gasteiger partial charge in [0.25, 0.3) is 5.91 Å². The summed E-state index contributed by atoms with van der Waals surface area (Å²) in [5.74, 6) is -0.184. The lowest BCUT2D eigenvalue weighted by molar-refractivity contribution is 0.102. The third-order valence-electron chi connectivity index (χ3n) is 4.15. The number of aliphatic hydroxyl groups is 1. The van der Waals surface area contributed by atoms with Crippen molar-refractivity contribution in [2.75, 3.05) is 5.32 Å². The molecule has 0 spiro atoms. The molecule has 0 bridgehead atoms. The standard InChI is InChI=1S/C21H21N3O2/c1-4-5-15-6-7-18(13(2)8-15)21(26)24-17-10-20-19(23-12-17)9-16(11-22-20)14(3)25/h4-12,14,25H,1-3H3,(H,24,26)/b5-4+. The molecule has 3 aromatic rings. The van der Waals surface area contributed by atoms with Gasteiger partial charge in [-0.15, -0.1) is 0 Å². The largest absolute Gasteiger partial charge is 0.389 e. The summed E-state index contributed by atoms with van der Waals surface area (Å²) in [4.78, 5) is 21.2. The zero-order valence-electron chi connectivity index (χ0n) is 15.0. The number of pyridine rings is 2. The Labute approximate surface area is 152 Å². The Morgan fingerprint density at radius 2 is 1.88 bits per heavy atom. The molecule has 3 rings (SSSR count). The molecular formula is C21H21N3O2. The summed E-state index contributed by atoms with van der Waals surface area (Å²) in [5, 5.41) is 12.5. The van der Waals surface area contributed by atoms with E-state index in [2.05, 4.69) is 15.3 Å². The van der Waals surface area contributed by atoms with Crippen LogP contribution in [0.4, 0.5) is 5.69 Å². The predicted molar refractivity (Wildman–Crippen MR) is 104 cm³/mol. The van der Waals surface area contributed by atoms with Crippen LogP contribution in [0.5, 0.6) is 0 Å². The van der Waals surface area contributed by atoms with E-state index in [4.69, 9.17) is 0 Å². The van der Waals surface area contributed by atoms with E-state index in [1.165, 1.54) is 0 Å². The zero-order chi connectivity index (χ0) is 18.7. The van der Waals surface area contributed by atoms with Crippen LogP contribution in [0.25, 0.3) is 17.1 Å². The van der Waals surface area contributed by atoms with E-state index in [1.54, 1.807) is 31.5 Å². The molecule has 0 fully saturated rings. The molecule has 132 valence electrons. The van der Waals surface area contributed by atoms with Gasteiger partial charge in [0.05, 0.1) is 29.0 Å². The van der Waals surface area contributed by atoms with Crippen LogP contribution in [0, 0.1) is 6.92 Å². The van der Waals surface area contributed by atoms with Crippen molar-refractivity contribution in [3.63, 3.8) is 0 Å². The van der Waals surface area contributed by atoms with E-state index >= 15 is 0 Å². The number of aryl methyl sites for hydroxylation is 1. The lowest BCUT2D eigenvalue weighted by Crippen LogP contribution is -2.13. The molecule has 0 aliphatic heterocycles. The minimum Gasteiger partial charge on any atom is -0.389 e. The average Bonchev–Trinajstić information content (AvgIpc) is 2.61. The Bertz CT molecular complexity index is 994. The molecule has 2 aromatic heterocycles. The third kappa shape index (κ3) is 3.78. The van der Waals surface area contributed by atoms with Crippen molar-refractivity contribution in [3.8, 4) is 0 Å². The summed E-state index contributed by atoms with van der Waals surface area (Å²) in [7, 11) is 0. The van der Waals surface area contributed by atoms with E-state index in [1.807, 2.05) is 44.2 Å². The van der Waals surface area contributed by atoms with Gasteiger partial charge in [0, 0.05) is 17.3 Å². The maximum atomic E-state index is 12.6. The van der Waals surface area contributed by atoms with Crippen LogP contribution in [0.3, 0.4) is 0 Å². The lowest BCUT2D eigenvalue weighted by Gasteiger charge is -2.10. The number of nitrogens with one attached hydrogen (secondary N) is 1. The molecule has 5 heteroatoms. The Morgan fingerprint density at radius 3 is 2.58 bits per heavy atom. The Morgan fingerprint density at radius 1 is 1.15 bits per heavy atom. The normalized spacial score (nSPS) is 12.5. The van der Waals surface area contributed by atoms with Crippen molar-refractivity contribution < 1.29 is 9.90 Å². The van der Waals surface area contributed by atoms with Crippen LogP contribution in [-0.2, 0) is 0 Å². The molecule has 1 atom stereocenters. The summed E-state index contributed by atoms with van der Waals surface area (Å²) >= 11 is 0. The number of fused-ring (bicyclic) bond motifs is 1. The minimum atomic E-state index is -0.596. The molecule has 0 saturated heterocycles. The number of aromatic nitrogens is 2. The molecular weight excluding hydrogens is 326 g/mol. The fraction of sp³-hybridized carbons (Fsp3) is 0.190. The second kappa shape index (κ2) is 7.45. The fourth-order valence-electron chi connectivity index (χ4n) is 2.75. The number of benzene rings is 1. The number of carbonyl (C=O) groups is 1. The molecule has 0 radical (unpaired) electrons. The average molecular weight is 347 g/mol. The smallest absolute Gasteiger partial charge is 0.255 e. The number of carbonyl (C=O) groups excluding carboxylic acids is 1. The molecule has 26 heavy (non-hydrogen) atoms. The van der Waals surface area contributed by atoms with Crippen molar-refractivity contribution in [1.29, 1.82) is 0 Å². The quantitative estimate of drug-likeness (QED) is 0.739. The van der Waals surface area contributed by atoms with Gasteiger partial charge in [-0.05, 0) is 50.1 Å². The molecule has 1 amide bonds. The van der Waals surface area contributed by atoms with E-state index in [-0.39, 0.29) is 5.91 Å². The van der Waals surface area contributed by atoms with Crippen LogP contribution < -0.4 is 5.32 Å². The van der Waals surface area contributed by atoms with Gasteiger partial charge >= 0.3 is 0 Å². The molecule has 0 saturated carbocycles. The molecule has 1 aromatic carbocycles. The molecule has 1 unspecified atom stereocenters. The van der Waals surface area contributed by atoms with E-state index < -0.39 is 6.10 Å². The van der Waals surface area contributed by atoms with Crippen LogP contribution in [0.15, 0.2) is 48.8 Å². The fourth-order valence-corrected chi connectivity index (χ4v) is 2.75. The van der Waals surface area contributed by atoms with Crippen molar-refractivity contribution in [3.05, 3.63) is 71.1 Å². The highest BCUT2D eigenvalue weighted by Gasteiger charge is 2.11. The molecule has 0 aliphatic rings. The van der Waals surface area contributed by atoms with E-state index in [0.717, 1.165) is 11.1 Å². The topological polar surface area (TPSA) is 75.1 Å². The van der Waals surface area contributed by atoms with Gasteiger partial charge in [0.2, 0.25) is 0 Å². The molecule has 2 heterocycles. The number of nitrogens with zero attached hydrogens (tertiary/aromatic N) is 2. The second-order valence-corrected chi connectivity index (χ2v) is 6.24. The van der Waals surface area contributed by atoms with Crippen LogP contribution in [0.2, 0.25) is 0 Å². The monoisotopic (exact) mass is 347 g/mol. The van der Waals surface area contributed by atoms with Gasteiger partial charge in [-0.2, -0.15) is 0 Å². The highest BCUT2D eigenvalue weighted by molar-refractivity contribution is 6.05. The van der Waals surface area contributed by atoms with E-state index in [9.17, 15) is 9.90 Å². The number of rotatable bonds is 4. The molecule has 5 nitrogen and oxygen atoms in total. The predicted octanol–water partition coefficient (Wildman–Crippen LogP) is 4.28. The summed E-state index contributed by atoms with van der Waals surface area (Å²) in [6.07, 6.45) is 6.57. The number of anilines is 1. The Hall–Kier alpha value is -3.05. The first-order chi connectivity index (χ1) is 12.5. The van der Waals surface area contributed by atoms with Crippen molar-refractivity contribution >= 4 is 28.7 Å². The van der Waals surface area contributed by atoms with Gasteiger partial charge in [0.15, 0.2) is 0 Å². The van der Waals surface area contributed by atoms with Crippen LogP contribution in [-0.4, -0.2) is 21.0 Å². The first-order valence-corrected chi connectivity index (χ1v) is 8.46. The SMILES string of the molecule is C/C=C/c1ccc(C(=O)Nc2cnc3cc(C(C)O)cnc3c2)c(C)c1. The first-order valence-electron chi connectivity index (χ1n) is 8.46. The van der Waals surface area contributed by atoms with Crippen LogP contribution in [0.1, 0.15) is 47.0 Å². The van der Waals surface area contributed by atoms with Crippen LogP contribution >= 0.6 is 0 Å². The summed E-state index contributed by atoms with van der Waals surface area (Å²) in [6.45, 7) is 5.56. The van der Waals surface area contributed by atoms with Gasteiger partial charge < -0.3 is 10.4 Å². The number of amides is 1. The summed E-state index contributed by atoms with van der Waals surface area (Å²) in [5.41, 5.74) is 5.21. The van der Waals surface area contributed by atoms with Crippen molar-refractivity contribution in [2.45, 2.75) is 26.9 Å². The Balaban J connectivity index is 1.84. The second-order valence-electron chi connectivity index (χ2n) is 6.24. The number of allylic oxidation sites excluding steroid dienone is 1. The minimum absolute atomic E-state index is 0.184. The van der Waals surface area contributed by atoms with Crippen molar-refractivity contribution in [1.82, 2.24) is 9.97 Å². The highest BCUT2D eigenvalue weighted by Crippen LogP contribution is 2.20. The van der Waals surface area contributed by atoms with Gasteiger partial charge in [0.1, 0.15) is 0 Å². The maximum absolute atomic E-state index is 12.6. The third-order valence-corrected chi connectivity index (χ3v) is 4.15. The van der Waals surface area contributed by atoms with E-state index in [0.29, 0.717) is 27.8 Å². The summed E-state index contributed by atoms with van der Waals surface area (Å²) in [6, 6.07) is 9.28. The Kier molecular flexibility index (Phi) is 5.09. The van der Waals surface area contributed by atoms with Crippen molar-refractivity contribution in [2.24, 2.45) is 0 Å². The highest BCUT2D eigenvalue weighted by atomic mass is 16.3.